The van der Waals surface area contributed by atoms with Gasteiger partial charge in [0.15, 0.2) is 5.82 Å². The monoisotopic (exact) mass is 504 g/mol. The number of halogens is 1. The topological polar surface area (TPSA) is 102 Å². The molecular formula is C26H29ClN8O. The second-order valence-electron chi connectivity index (χ2n) is 9.14. The van der Waals surface area contributed by atoms with E-state index in [9.17, 15) is 4.79 Å². The number of hydrogen-bond acceptors (Lipinski definition) is 7. The molecule has 9 nitrogen and oxygen atoms in total. The van der Waals surface area contributed by atoms with E-state index in [0.717, 1.165) is 42.2 Å². The lowest BCUT2D eigenvalue weighted by molar-refractivity contribution is 0.0828. The molecule has 1 aliphatic heterocycles. The van der Waals surface area contributed by atoms with Gasteiger partial charge in [-0.1, -0.05) is 30.2 Å². The van der Waals surface area contributed by atoms with E-state index >= 15 is 0 Å². The van der Waals surface area contributed by atoms with Crippen LogP contribution in [0.5, 0.6) is 0 Å². The first-order chi connectivity index (χ1) is 17.5. The van der Waals surface area contributed by atoms with Gasteiger partial charge in [0.1, 0.15) is 10.8 Å². The number of fused-ring (bicyclic) bond motifs is 1. The summed E-state index contributed by atoms with van der Waals surface area (Å²) in [7, 11) is 3.43. The molecule has 3 N–H and O–H groups in total. The van der Waals surface area contributed by atoms with Crippen molar-refractivity contribution in [2.75, 3.05) is 37.8 Å². The van der Waals surface area contributed by atoms with Crippen LogP contribution in [0.1, 0.15) is 35.4 Å². The van der Waals surface area contributed by atoms with Crippen LogP contribution in [0.15, 0.2) is 48.7 Å². The molecule has 3 heterocycles. The Morgan fingerprint density at radius 2 is 1.89 bits per heavy atom. The molecule has 1 amide bonds. The Morgan fingerprint density at radius 3 is 2.69 bits per heavy atom. The normalized spacial score (nSPS) is 14.1. The fraction of sp³-hybridized carbons (Fsp3) is 0.308. The van der Waals surface area contributed by atoms with Crippen molar-refractivity contribution in [3.8, 4) is 0 Å². The molecule has 36 heavy (non-hydrogen) atoms. The molecule has 5 rings (SSSR count). The Labute approximate surface area is 214 Å². The summed E-state index contributed by atoms with van der Waals surface area (Å²) in [5, 5.41) is 6.77. The van der Waals surface area contributed by atoms with Gasteiger partial charge in [-0.15, -0.1) is 0 Å². The van der Waals surface area contributed by atoms with Crippen molar-refractivity contribution in [1.29, 1.82) is 0 Å². The number of nitrogens with zero attached hydrogens (tertiary/aromatic N) is 5. The maximum atomic E-state index is 12.6. The molecule has 1 saturated heterocycles. The summed E-state index contributed by atoms with van der Waals surface area (Å²) >= 11 is 6.38. The number of nitrogens with one attached hydrogen (secondary N) is 3. The van der Waals surface area contributed by atoms with Gasteiger partial charge in [0.25, 0.3) is 5.91 Å². The number of rotatable bonds is 7. The number of carbonyl (C=O) groups excluding carboxylic acids is 1. The number of hydrogen-bond donors (Lipinski definition) is 3. The highest BCUT2D eigenvalue weighted by Crippen LogP contribution is 2.28. The zero-order valence-electron chi connectivity index (χ0n) is 20.4. The standard InChI is InChI=1S/C26H29ClN8O/c1-34(2)25(36)18-8-4-5-9-20(18)32-24-19(27)15-28-26(33-24)29-17-10-11-21-22(14-17)31-23(30-21)16-35-12-6-3-7-13-35/h4-5,8-11,14-15H,3,6-7,12-13,16H2,1-2H3,(H,30,31)(H2,28,29,32,33). The van der Waals surface area contributed by atoms with Gasteiger partial charge in [0.2, 0.25) is 5.95 Å². The highest BCUT2D eigenvalue weighted by atomic mass is 35.5. The molecule has 0 atom stereocenters. The number of amides is 1. The number of likely N-dealkylation sites (tertiary alicyclic amines) is 1. The molecular weight excluding hydrogens is 476 g/mol. The predicted molar refractivity (Wildman–Crippen MR) is 143 cm³/mol. The van der Waals surface area contributed by atoms with Gasteiger partial charge in [-0.3, -0.25) is 9.69 Å². The summed E-state index contributed by atoms with van der Waals surface area (Å²) < 4.78 is 0. The SMILES string of the molecule is CN(C)C(=O)c1ccccc1Nc1nc(Nc2ccc3nc(CN4CCCCC4)[nH]c3c2)ncc1Cl. The fourth-order valence-corrected chi connectivity index (χ4v) is 4.47. The van der Waals surface area contributed by atoms with Crippen molar-refractivity contribution in [2.45, 2.75) is 25.8 Å². The first kappa shape index (κ1) is 24.0. The number of benzene rings is 2. The van der Waals surface area contributed by atoms with Crippen LogP contribution in [0.25, 0.3) is 11.0 Å². The van der Waals surface area contributed by atoms with Crippen molar-refractivity contribution >= 4 is 51.7 Å². The van der Waals surface area contributed by atoms with Gasteiger partial charge in [-0.05, 0) is 56.3 Å². The predicted octanol–water partition coefficient (Wildman–Crippen LogP) is 5.18. The van der Waals surface area contributed by atoms with E-state index in [1.165, 1.54) is 30.4 Å². The number of piperidine rings is 1. The number of para-hydroxylation sites is 1. The molecule has 1 aliphatic rings. The number of aromatic amines is 1. The highest BCUT2D eigenvalue weighted by molar-refractivity contribution is 6.33. The van der Waals surface area contributed by atoms with Gasteiger partial charge in [-0.2, -0.15) is 4.98 Å². The average molecular weight is 505 g/mol. The largest absolute Gasteiger partial charge is 0.345 e. The summed E-state index contributed by atoms with van der Waals surface area (Å²) in [5.41, 5.74) is 3.84. The lowest BCUT2D eigenvalue weighted by atomic mass is 10.1. The minimum atomic E-state index is -0.117. The van der Waals surface area contributed by atoms with Gasteiger partial charge in [0, 0.05) is 19.8 Å². The quantitative estimate of drug-likeness (QED) is 0.318. The van der Waals surface area contributed by atoms with Crippen molar-refractivity contribution < 1.29 is 4.79 Å². The van der Waals surface area contributed by atoms with E-state index in [1.807, 2.05) is 36.4 Å². The molecule has 0 saturated carbocycles. The lowest BCUT2D eigenvalue weighted by Crippen LogP contribution is -2.29. The third-order valence-corrected chi connectivity index (χ3v) is 6.45. The molecule has 0 aliphatic carbocycles. The van der Waals surface area contributed by atoms with Gasteiger partial charge < -0.3 is 20.5 Å². The summed E-state index contributed by atoms with van der Waals surface area (Å²) in [5.74, 6) is 1.64. The second-order valence-corrected chi connectivity index (χ2v) is 9.54. The second kappa shape index (κ2) is 10.5. The van der Waals surface area contributed by atoms with Crippen LogP contribution in [-0.2, 0) is 6.54 Å². The molecule has 10 heteroatoms. The zero-order chi connectivity index (χ0) is 25.1. The highest BCUT2D eigenvalue weighted by Gasteiger charge is 2.16. The summed E-state index contributed by atoms with van der Waals surface area (Å²) in [6, 6.07) is 13.2. The Hall–Kier alpha value is -3.69. The molecule has 0 radical (unpaired) electrons. The van der Waals surface area contributed by atoms with E-state index < -0.39 is 0 Å². The third kappa shape index (κ3) is 5.42. The van der Waals surface area contributed by atoms with Crippen molar-refractivity contribution in [3.05, 3.63) is 65.1 Å². The molecule has 0 unspecified atom stereocenters. The number of H-pyrrole nitrogens is 1. The maximum Gasteiger partial charge on any atom is 0.255 e. The Kier molecular flexibility index (Phi) is 7.02. The average Bonchev–Trinajstić information content (AvgIpc) is 3.28. The third-order valence-electron chi connectivity index (χ3n) is 6.17. The summed E-state index contributed by atoms with van der Waals surface area (Å²) in [6.45, 7) is 3.09. The maximum absolute atomic E-state index is 12.6. The van der Waals surface area contributed by atoms with Crippen LogP contribution in [0.2, 0.25) is 5.02 Å². The minimum absolute atomic E-state index is 0.117. The van der Waals surface area contributed by atoms with Crippen LogP contribution >= 0.6 is 11.6 Å². The number of anilines is 4. The molecule has 186 valence electrons. The molecule has 2 aromatic heterocycles. The van der Waals surface area contributed by atoms with E-state index in [0.29, 0.717) is 28.0 Å². The number of aromatic nitrogens is 4. The molecule has 0 bridgehead atoms. The molecule has 0 spiro atoms. The van der Waals surface area contributed by atoms with Crippen LogP contribution < -0.4 is 10.6 Å². The van der Waals surface area contributed by atoms with Gasteiger partial charge in [0.05, 0.1) is 35.0 Å². The van der Waals surface area contributed by atoms with Crippen molar-refractivity contribution in [3.63, 3.8) is 0 Å². The number of carbonyl (C=O) groups is 1. The van der Waals surface area contributed by atoms with Crippen molar-refractivity contribution in [2.24, 2.45) is 0 Å². The number of imidazole rings is 1. The first-order valence-electron chi connectivity index (χ1n) is 12.0. The van der Waals surface area contributed by atoms with Crippen LogP contribution in [0, 0.1) is 0 Å². The van der Waals surface area contributed by atoms with E-state index in [2.05, 4.69) is 30.5 Å². The fourth-order valence-electron chi connectivity index (χ4n) is 4.34. The van der Waals surface area contributed by atoms with Crippen LogP contribution in [0.4, 0.5) is 23.1 Å². The Morgan fingerprint density at radius 1 is 1.08 bits per heavy atom. The molecule has 4 aromatic rings. The van der Waals surface area contributed by atoms with Gasteiger partial charge in [-0.25, -0.2) is 9.97 Å². The summed E-state index contributed by atoms with van der Waals surface area (Å²) in [4.78, 5) is 33.6. The zero-order valence-corrected chi connectivity index (χ0v) is 21.1. The smallest absolute Gasteiger partial charge is 0.255 e. The molecule has 1 fully saturated rings. The first-order valence-corrected chi connectivity index (χ1v) is 12.4. The van der Waals surface area contributed by atoms with E-state index in [4.69, 9.17) is 16.6 Å². The Bertz CT molecular complexity index is 1380. The van der Waals surface area contributed by atoms with E-state index in [-0.39, 0.29) is 5.91 Å². The van der Waals surface area contributed by atoms with E-state index in [1.54, 1.807) is 20.2 Å². The van der Waals surface area contributed by atoms with Gasteiger partial charge >= 0.3 is 0 Å². The lowest BCUT2D eigenvalue weighted by Gasteiger charge is -2.25. The summed E-state index contributed by atoms with van der Waals surface area (Å²) in [6.07, 6.45) is 5.35. The Balaban J connectivity index is 1.34. The van der Waals surface area contributed by atoms with Crippen LogP contribution in [0.3, 0.4) is 0 Å². The van der Waals surface area contributed by atoms with Crippen LogP contribution in [-0.4, -0.2) is 62.8 Å². The van der Waals surface area contributed by atoms with Crippen molar-refractivity contribution in [1.82, 2.24) is 29.7 Å². The minimum Gasteiger partial charge on any atom is -0.345 e. The molecule has 2 aromatic carbocycles.